The highest BCUT2D eigenvalue weighted by atomic mass is 16.2. The first-order chi connectivity index (χ1) is 12.6. The van der Waals surface area contributed by atoms with Crippen LogP contribution in [0.1, 0.15) is 73.1 Å². The molecule has 4 rings (SSSR count). The van der Waals surface area contributed by atoms with Crippen LogP contribution in [0.2, 0.25) is 0 Å². The van der Waals surface area contributed by atoms with Crippen molar-refractivity contribution in [1.29, 1.82) is 0 Å². The van der Waals surface area contributed by atoms with E-state index in [-0.39, 0.29) is 11.9 Å². The molecule has 1 amide bonds. The van der Waals surface area contributed by atoms with Gasteiger partial charge in [0.25, 0.3) is 5.91 Å². The summed E-state index contributed by atoms with van der Waals surface area (Å²) in [5.74, 6) is 2.13. The summed E-state index contributed by atoms with van der Waals surface area (Å²) in [6.07, 6.45) is 5.14. The van der Waals surface area contributed by atoms with E-state index < -0.39 is 0 Å². The molecule has 4 atom stereocenters. The monoisotopic (exact) mass is 351 g/mol. The fourth-order valence-electron chi connectivity index (χ4n) is 5.00. The Labute approximate surface area is 156 Å². The molecule has 1 heterocycles. The van der Waals surface area contributed by atoms with E-state index in [0.717, 1.165) is 5.69 Å². The summed E-state index contributed by atoms with van der Waals surface area (Å²) in [6, 6.07) is 12.9. The van der Waals surface area contributed by atoms with Gasteiger partial charge < -0.3 is 5.32 Å². The molecule has 1 N–H and O–H groups in total. The van der Waals surface area contributed by atoms with E-state index in [1.165, 1.54) is 31.2 Å². The zero-order valence-corrected chi connectivity index (χ0v) is 16.0. The molecule has 2 aromatic rings. The Morgan fingerprint density at radius 1 is 1.15 bits per heavy atom. The van der Waals surface area contributed by atoms with Gasteiger partial charge in [0.2, 0.25) is 0 Å². The number of nitrogens with one attached hydrogen (secondary N) is 1. The van der Waals surface area contributed by atoms with E-state index in [0.29, 0.717) is 29.4 Å². The molecule has 138 valence electrons. The molecule has 0 radical (unpaired) electrons. The summed E-state index contributed by atoms with van der Waals surface area (Å²) < 4.78 is 1.72. The van der Waals surface area contributed by atoms with Crippen LogP contribution in [-0.2, 0) is 7.05 Å². The lowest BCUT2D eigenvalue weighted by atomic mass is 9.53. The molecule has 26 heavy (non-hydrogen) atoms. The SMILES string of the molecule is CC(C)c1cc(C(=O)N[C@H]2[C@@H]3CCCC[C@@H]3[C@@H]2c2ccccc2)n(C)n1. The second kappa shape index (κ2) is 6.90. The molecular formula is C22H29N3O. The third-order valence-electron chi connectivity index (χ3n) is 6.39. The van der Waals surface area contributed by atoms with E-state index in [9.17, 15) is 4.79 Å². The molecule has 2 saturated carbocycles. The van der Waals surface area contributed by atoms with Crippen molar-refractivity contribution in [2.45, 2.75) is 57.4 Å². The largest absolute Gasteiger partial charge is 0.347 e. The van der Waals surface area contributed by atoms with Crippen LogP contribution in [0.3, 0.4) is 0 Å². The molecule has 0 unspecified atom stereocenters. The number of carbonyl (C=O) groups is 1. The highest BCUT2D eigenvalue weighted by molar-refractivity contribution is 5.93. The lowest BCUT2D eigenvalue weighted by molar-refractivity contribution is 0.0249. The topological polar surface area (TPSA) is 46.9 Å². The van der Waals surface area contributed by atoms with Gasteiger partial charge >= 0.3 is 0 Å². The average Bonchev–Trinajstić information content (AvgIpc) is 3.03. The van der Waals surface area contributed by atoms with E-state index in [1.807, 2.05) is 13.1 Å². The minimum absolute atomic E-state index is 0.0156. The summed E-state index contributed by atoms with van der Waals surface area (Å²) in [5.41, 5.74) is 3.01. The van der Waals surface area contributed by atoms with Crippen molar-refractivity contribution in [2.75, 3.05) is 0 Å². The van der Waals surface area contributed by atoms with Gasteiger partial charge in [-0.25, -0.2) is 0 Å². The Bertz CT molecular complexity index is 780. The number of rotatable bonds is 4. The van der Waals surface area contributed by atoms with E-state index >= 15 is 0 Å². The summed E-state index contributed by atoms with van der Waals surface area (Å²) in [7, 11) is 1.86. The number of hydrogen-bond donors (Lipinski definition) is 1. The molecule has 4 nitrogen and oxygen atoms in total. The number of aryl methyl sites for hydroxylation is 1. The van der Waals surface area contributed by atoms with Crippen molar-refractivity contribution in [3.05, 3.63) is 53.3 Å². The van der Waals surface area contributed by atoms with Crippen LogP contribution in [-0.4, -0.2) is 21.7 Å². The summed E-state index contributed by atoms with van der Waals surface area (Å²) in [5, 5.41) is 7.87. The predicted octanol–water partition coefficient (Wildman–Crippen LogP) is 4.25. The van der Waals surface area contributed by atoms with Gasteiger partial charge in [0.05, 0.1) is 5.69 Å². The number of hydrogen-bond acceptors (Lipinski definition) is 2. The first-order valence-corrected chi connectivity index (χ1v) is 9.96. The van der Waals surface area contributed by atoms with Gasteiger partial charge in [-0.05, 0) is 42.2 Å². The quantitative estimate of drug-likeness (QED) is 0.895. The van der Waals surface area contributed by atoms with Crippen LogP contribution in [0.25, 0.3) is 0 Å². The summed E-state index contributed by atoms with van der Waals surface area (Å²) in [6.45, 7) is 4.21. The van der Waals surface area contributed by atoms with Crippen LogP contribution in [0.4, 0.5) is 0 Å². The molecule has 2 aliphatic carbocycles. The van der Waals surface area contributed by atoms with Gasteiger partial charge in [-0.15, -0.1) is 0 Å². The molecule has 1 aromatic carbocycles. The Morgan fingerprint density at radius 3 is 2.50 bits per heavy atom. The van der Waals surface area contributed by atoms with Gasteiger partial charge in [-0.2, -0.15) is 5.10 Å². The number of fused-ring (bicyclic) bond motifs is 1. The number of amides is 1. The maximum atomic E-state index is 13.0. The van der Waals surface area contributed by atoms with Crippen LogP contribution in [0, 0.1) is 11.8 Å². The summed E-state index contributed by atoms with van der Waals surface area (Å²) >= 11 is 0. The van der Waals surface area contributed by atoms with Crippen molar-refractivity contribution in [2.24, 2.45) is 18.9 Å². The number of aromatic nitrogens is 2. The van der Waals surface area contributed by atoms with Crippen molar-refractivity contribution in [3.8, 4) is 0 Å². The van der Waals surface area contributed by atoms with Crippen molar-refractivity contribution < 1.29 is 4.79 Å². The molecule has 2 fully saturated rings. The van der Waals surface area contributed by atoms with Crippen molar-refractivity contribution >= 4 is 5.91 Å². The van der Waals surface area contributed by atoms with Gasteiger partial charge in [-0.3, -0.25) is 9.48 Å². The van der Waals surface area contributed by atoms with Gasteiger partial charge in [0.1, 0.15) is 5.69 Å². The average molecular weight is 351 g/mol. The van der Waals surface area contributed by atoms with Crippen LogP contribution in [0.5, 0.6) is 0 Å². The number of carbonyl (C=O) groups excluding carboxylic acids is 1. The minimum atomic E-state index is 0.0156. The fourth-order valence-corrected chi connectivity index (χ4v) is 5.00. The first-order valence-electron chi connectivity index (χ1n) is 9.96. The Morgan fingerprint density at radius 2 is 1.85 bits per heavy atom. The third-order valence-corrected chi connectivity index (χ3v) is 6.39. The summed E-state index contributed by atoms with van der Waals surface area (Å²) in [4.78, 5) is 13.0. The Hall–Kier alpha value is -2.10. The normalized spacial score (nSPS) is 27.7. The van der Waals surface area contributed by atoms with Crippen LogP contribution >= 0.6 is 0 Å². The molecule has 0 aliphatic heterocycles. The maximum absolute atomic E-state index is 13.0. The smallest absolute Gasteiger partial charge is 0.269 e. The first kappa shape index (κ1) is 17.3. The molecular weight excluding hydrogens is 322 g/mol. The third kappa shape index (κ3) is 2.95. The molecule has 0 saturated heterocycles. The lowest BCUT2D eigenvalue weighted by Gasteiger charge is -2.55. The van der Waals surface area contributed by atoms with Gasteiger partial charge in [-0.1, -0.05) is 57.0 Å². The zero-order valence-electron chi connectivity index (χ0n) is 16.0. The second-order valence-electron chi connectivity index (χ2n) is 8.28. The molecule has 2 aliphatic rings. The van der Waals surface area contributed by atoms with Crippen molar-refractivity contribution in [3.63, 3.8) is 0 Å². The fraction of sp³-hybridized carbons (Fsp3) is 0.545. The maximum Gasteiger partial charge on any atom is 0.269 e. The Balaban J connectivity index is 1.56. The highest BCUT2D eigenvalue weighted by Crippen LogP contribution is 2.54. The van der Waals surface area contributed by atoms with Crippen LogP contribution < -0.4 is 5.32 Å². The lowest BCUT2D eigenvalue weighted by Crippen LogP contribution is -2.59. The highest BCUT2D eigenvalue weighted by Gasteiger charge is 2.51. The molecule has 0 bridgehead atoms. The van der Waals surface area contributed by atoms with Gasteiger partial charge in [0, 0.05) is 19.0 Å². The predicted molar refractivity (Wildman–Crippen MR) is 103 cm³/mol. The molecule has 0 spiro atoms. The Kier molecular flexibility index (Phi) is 4.60. The van der Waals surface area contributed by atoms with E-state index in [4.69, 9.17) is 0 Å². The standard InChI is InChI=1S/C22H29N3O/c1-14(2)18-13-19(25(3)24-18)22(26)23-21-17-12-8-7-11-16(17)20(21)15-9-5-4-6-10-15/h4-6,9-10,13-14,16-17,20-21H,7-8,11-12H2,1-3H3,(H,23,26)/t16-,17+,20-,21-/m0/s1. The van der Waals surface area contributed by atoms with Gasteiger partial charge in [0.15, 0.2) is 0 Å². The van der Waals surface area contributed by atoms with E-state index in [2.05, 4.69) is 54.6 Å². The second-order valence-corrected chi connectivity index (χ2v) is 8.28. The van der Waals surface area contributed by atoms with E-state index in [1.54, 1.807) is 4.68 Å². The van der Waals surface area contributed by atoms with Crippen molar-refractivity contribution in [1.82, 2.24) is 15.1 Å². The molecule has 1 aromatic heterocycles. The van der Waals surface area contributed by atoms with Crippen LogP contribution in [0.15, 0.2) is 36.4 Å². The number of benzene rings is 1. The zero-order chi connectivity index (χ0) is 18.3. The number of nitrogens with zero attached hydrogens (tertiary/aromatic N) is 2. The minimum Gasteiger partial charge on any atom is -0.347 e. The molecule has 4 heteroatoms.